The fourth-order valence-electron chi connectivity index (χ4n) is 2.63. The van der Waals surface area contributed by atoms with Gasteiger partial charge in [-0.2, -0.15) is 0 Å². The van der Waals surface area contributed by atoms with Crippen LogP contribution in [0.3, 0.4) is 0 Å². The maximum atomic E-state index is 10.7. The molecule has 20 heavy (non-hydrogen) atoms. The number of fused-ring (bicyclic) bond motifs is 1. The summed E-state index contributed by atoms with van der Waals surface area (Å²) in [7, 11) is 0. The first-order chi connectivity index (χ1) is 9.81. The largest absolute Gasteiger partial charge is 0.380 e. The third-order valence-corrected chi connectivity index (χ3v) is 3.57. The van der Waals surface area contributed by atoms with Crippen LogP contribution in [0.2, 0.25) is 0 Å². The van der Waals surface area contributed by atoms with E-state index >= 15 is 0 Å². The monoisotopic (exact) mass is 266 g/mol. The summed E-state index contributed by atoms with van der Waals surface area (Å²) in [6, 6.07) is 14.1. The summed E-state index contributed by atoms with van der Waals surface area (Å²) in [5.74, 6) is 0.711. The fourth-order valence-corrected chi connectivity index (χ4v) is 2.63. The smallest absolute Gasteiger partial charge is 0.142 e. The molecule has 0 radical (unpaired) electrons. The number of nitrogens with zero attached hydrogens (tertiary/aromatic N) is 2. The summed E-state index contributed by atoms with van der Waals surface area (Å²) in [6.45, 7) is 2.99. The van der Waals surface area contributed by atoms with Crippen molar-refractivity contribution in [1.29, 1.82) is 0 Å². The van der Waals surface area contributed by atoms with Crippen molar-refractivity contribution >= 4 is 10.8 Å². The average molecular weight is 266 g/mol. The Kier molecular flexibility index (Phi) is 3.52. The number of aliphatic hydroxyl groups is 1. The summed E-state index contributed by atoms with van der Waals surface area (Å²) >= 11 is 0. The Morgan fingerprint density at radius 3 is 2.80 bits per heavy atom. The van der Waals surface area contributed by atoms with Gasteiger partial charge in [-0.15, -0.1) is 0 Å². The number of aryl methyl sites for hydroxylation is 1. The first-order valence-corrected chi connectivity index (χ1v) is 6.98. The van der Waals surface area contributed by atoms with Crippen molar-refractivity contribution in [3.05, 3.63) is 66.2 Å². The van der Waals surface area contributed by atoms with E-state index in [4.69, 9.17) is 0 Å². The zero-order chi connectivity index (χ0) is 13.9. The first-order valence-electron chi connectivity index (χ1n) is 6.98. The topological polar surface area (TPSA) is 38.0 Å². The van der Waals surface area contributed by atoms with Crippen LogP contribution in [-0.2, 0) is 6.54 Å². The lowest BCUT2D eigenvalue weighted by atomic mass is 10.00. The molecule has 102 valence electrons. The van der Waals surface area contributed by atoms with Crippen LogP contribution in [0.15, 0.2) is 54.9 Å². The molecule has 1 N–H and O–H groups in total. The van der Waals surface area contributed by atoms with E-state index in [1.54, 1.807) is 6.20 Å². The molecule has 0 aliphatic heterocycles. The molecule has 3 heteroatoms. The minimum Gasteiger partial charge on any atom is -0.380 e. The Morgan fingerprint density at radius 1 is 1.15 bits per heavy atom. The maximum absolute atomic E-state index is 10.7. The van der Waals surface area contributed by atoms with Gasteiger partial charge in [0.15, 0.2) is 0 Å². The number of benzene rings is 2. The fraction of sp³-hybridized carbons (Fsp3) is 0.235. The molecule has 0 aliphatic rings. The number of imidazole rings is 1. The van der Waals surface area contributed by atoms with Crippen LogP contribution in [0, 0.1) is 0 Å². The Bertz CT molecular complexity index is 712. The Labute approximate surface area is 118 Å². The van der Waals surface area contributed by atoms with Gasteiger partial charge in [-0.1, -0.05) is 49.4 Å². The molecule has 3 aromatic rings. The summed E-state index contributed by atoms with van der Waals surface area (Å²) < 4.78 is 2.02. The summed E-state index contributed by atoms with van der Waals surface area (Å²) in [5.41, 5.74) is 0.909. The van der Waals surface area contributed by atoms with Gasteiger partial charge in [-0.3, -0.25) is 0 Å². The minimum atomic E-state index is -0.692. The maximum Gasteiger partial charge on any atom is 0.142 e. The highest BCUT2D eigenvalue weighted by molar-refractivity contribution is 5.86. The van der Waals surface area contributed by atoms with Crippen molar-refractivity contribution in [3.63, 3.8) is 0 Å². The highest BCUT2D eigenvalue weighted by Crippen LogP contribution is 2.28. The number of hydrogen-bond donors (Lipinski definition) is 1. The van der Waals surface area contributed by atoms with Crippen LogP contribution in [0.25, 0.3) is 10.8 Å². The van der Waals surface area contributed by atoms with E-state index in [9.17, 15) is 5.11 Å². The van der Waals surface area contributed by atoms with Gasteiger partial charge in [0.25, 0.3) is 0 Å². The van der Waals surface area contributed by atoms with E-state index in [1.807, 2.05) is 41.1 Å². The molecule has 1 aromatic heterocycles. The van der Waals surface area contributed by atoms with Crippen LogP contribution in [0.4, 0.5) is 0 Å². The molecule has 0 spiro atoms. The predicted molar refractivity (Wildman–Crippen MR) is 80.5 cm³/mol. The van der Waals surface area contributed by atoms with Gasteiger partial charge in [-0.25, -0.2) is 4.98 Å². The average Bonchev–Trinajstić information content (AvgIpc) is 2.94. The van der Waals surface area contributed by atoms with Gasteiger partial charge in [0, 0.05) is 18.9 Å². The van der Waals surface area contributed by atoms with Crippen molar-refractivity contribution in [2.75, 3.05) is 0 Å². The van der Waals surface area contributed by atoms with Crippen molar-refractivity contribution in [2.45, 2.75) is 26.0 Å². The molecule has 0 saturated carbocycles. The molecule has 0 fully saturated rings. The summed E-state index contributed by atoms with van der Waals surface area (Å²) in [4.78, 5) is 4.33. The Balaban J connectivity index is 2.08. The Hall–Kier alpha value is -2.13. The molecular weight excluding hydrogens is 248 g/mol. The zero-order valence-electron chi connectivity index (χ0n) is 11.5. The summed E-state index contributed by atoms with van der Waals surface area (Å²) in [5, 5.41) is 12.9. The van der Waals surface area contributed by atoms with E-state index in [2.05, 4.69) is 24.0 Å². The quantitative estimate of drug-likeness (QED) is 0.784. The number of hydrogen-bond acceptors (Lipinski definition) is 2. The van der Waals surface area contributed by atoms with E-state index in [1.165, 1.54) is 0 Å². The standard InChI is InChI=1S/C17H18N2O/c1-2-11-19-12-10-18-17(19)16(20)15-9-5-7-13-6-3-4-8-14(13)15/h3-10,12,16,20H,2,11H2,1H3. The van der Waals surface area contributed by atoms with E-state index in [-0.39, 0.29) is 0 Å². The molecular formula is C17H18N2O. The van der Waals surface area contributed by atoms with E-state index in [0.29, 0.717) is 5.82 Å². The van der Waals surface area contributed by atoms with E-state index < -0.39 is 6.10 Å². The van der Waals surface area contributed by atoms with Crippen molar-refractivity contribution in [3.8, 4) is 0 Å². The van der Waals surface area contributed by atoms with Crippen LogP contribution in [0.1, 0.15) is 30.8 Å². The molecule has 0 saturated heterocycles. The minimum absolute atomic E-state index is 0.692. The lowest BCUT2D eigenvalue weighted by molar-refractivity contribution is 0.206. The highest BCUT2D eigenvalue weighted by atomic mass is 16.3. The molecule has 0 aliphatic carbocycles. The normalized spacial score (nSPS) is 12.7. The van der Waals surface area contributed by atoms with Crippen LogP contribution >= 0.6 is 0 Å². The van der Waals surface area contributed by atoms with Crippen molar-refractivity contribution < 1.29 is 5.11 Å². The first kappa shape index (κ1) is 12.9. The lowest BCUT2D eigenvalue weighted by Crippen LogP contribution is -2.10. The third kappa shape index (κ3) is 2.21. The highest BCUT2D eigenvalue weighted by Gasteiger charge is 2.17. The second kappa shape index (κ2) is 5.47. The number of aromatic nitrogens is 2. The Morgan fingerprint density at radius 2 is 1.95 bits per heavy atom. The van der Waals surface area contributed by atoms with Crippen LogP contribution in [-0.4, -0.2) is 14.7 Å². The molecule has 3 nitrogen and oxygen atoms in total. The number of rotatable bonds is 4. The molecule has 2 aromatic carbocycles. The molecule has 3 rings (SSSR count). The van der Waals surface area contributed by atoms with Crippen LogP contribution in [0.5, 0.6) is 0 Å². The van der Waals surface area contributed by atoms with Gasteiger partial charge in [0.1, 0.15) is 11.9 Å². The third-order valence-electron chi connectivity index (χ3n) is 3.57. The van der Waals surface area contributed by atoms with Gasteiger partial charge in [0.05, 0.1) is 0 Å². The second-order valence-electron chi connectivity index (χ2n) is 4.95. The lowest BCUT2D eigenvalue weighted by Gasteiger charge is -2.15. The predicted octanol–water partition coefficient (Wildman–Crippen LogP) is 3.53. The molecule has 0 amide bonds. The molecule has 1 atom stereocenters. The second-order valence-corrected chi connectivity index (χ2v) is 4.95. The van der Waals surface area contributed by atoms with Gasteiger partial charge in [-0.05, 0) is 22.8 Å². The molecule has 0 bridgehead atoms. The SMILES string of the molecule is CCCn1ccnc1C(O)c1cccc2ccccc12. The van der Waals surface area contributed by atoms with Gasteiger partial charge < -0.3 is 9.67 Å². The van der Waals surface area contributed by atoms with Crippen molar-refractivity contribution in [1.82, 2.24) is 9.55 Å². The molecule has 1 heterocycles. The van der Waals surface area contributed by atoms with Gasteiger partial charge in [0.2, 0.25) is 0 Å². The van der Waals surface area contributed by atoms with Gasteiger partial charge >= 0.3 is 0 Å². The zero-order valence-corrected chi connectivity index (χ0v) is 11.5. The van der Waals surface area contributed by atoms with Crippen molar-refractivity contribution in [2.24, 2.45) is 0 Å². The number of aliphatic hydroxyl groups excluding tert-OH is 1. The van der Waals surface area contributed by atoms with Crippen LogP contribution < -0.4 is 0 Å². The summed E-state index contributed by atoms with van der Waals surface area (Å²) in [6.07, 6.45) is 4.00. The van der Waals surface area contributed by atoms with E-state index in [0.717, 1.165) is 29.3 Å². The molecule has 1 unspecified atom stereocenters.